The number of allylic oxidation sites excluding steroid dienone is 2. The molecule has 1 heteroatoms. The Kier molecular flexibility index (Phi) is 1.94. The van der Waals surface area contributed by atoms with Gasteiger partial charge in [0.25, 0.3) is 0 Å². The van der Waals surface area contributed by atoms with Crippen LogP contribution in [-0.4, -0.2) is 5.78 Å². The summed E-state index contributed by atoms with van der Waals surface area (Å²) in [5.74, 6) is 4.01. The molecule has 4 aliphatic carbocycles. The zero-order valence-electron chi connectivity index (χ0n) is 11.8. The zero-order chi connectivity index (χ0) is 12.7. The molecule has 0 radical (unpaired) electrons. The summed E-state index contributed by atoms with van der Waals surface area (Å²) in [6.45, 7) is 7.09. The van der Waals surface area contributed by atoms with E-state index in [9.17, 15) is 4.79 Å². The predicted molar refractivity (Wildman–Crippen MR) is 72.0 cm³/mol. The van der Waals surface area contributed by atoms with Crippen molar-refractivity contribution in [3.63, 3.8) is 0 Å². The Bertz CT molecular complexity index is 447. The van der Waals surface area contributed by atoms with E-state index in [2.05, 4.69) is 32.9 Å². The number of carbonyl (C=O) groups excluding carboxylic acids is 1. The second-order valence-corrected chi connectivity index (χ2v) is 8.03. The van der Waals surface area contributed by atoms with Crippen molar-refractivity contribution in [3.05, 3.63) is 12.2 Å². The summed E-state index contributed by atoms with van der Waals surface area (Å²) >= 11 is 0. The normalized spacial score (nSPS) is 55.7. The molecule has 0 aliphatic heterocycles. The molecule has 0 saturated heterocycles. The Balaban J connectivity index is 1.70. The molecule has 1 nitrogen and oxygen atoms in total. The van der Waals surface area contributed by atoms with E-state index < -0.39 is 0 Å². The third-order valence-corrected chi connectivity index (χ3v) is 7.13. The van der Waals surface area contributed by atoms with Gasteiger partial charge in [-0.05, 0) is 54.3 Å². The number of rotatable bonds is 0. The molecular formula is C17H24O. The van der Waals surface area contributed by atoms with Crippen LogP contribution in [0.2, 0.25) is 0 Å². The summed E-state index contributed by atoms with van der Waals surface area (Å²) in [5, 5.41) is 0. The van der Waals surface area contributed by atoms with Crippen LogP contribution in [0.15, 0.2) is 12.2 Å². The zero-order valence-corrected chi connectivity index (χ0v) is 11.8. The molecule has 18 heavy (non-hydrogen) atoms. The molecular weight excluding hydrogens is 220 g/mol. The lowest BCUT2D eigenvalue weighted by atomic mass is 9.63. The van der Waals surface area contributed by atoms with Gasteiger partial charge in [-0.2, -0.15) is 0 Å². The first-order chi connectivity index (χ1) is 8.46. The van der Waals surface area contributed by atoms with Gasteiger partial charge in [0.2, 0.25) is 0 Å². The van der Waals surface area contributed by atoms with Crippen molar-refractivity contribution in [3.8, 4) is 0 Å². The quantitative estimate of drug-likeness (QED) is 0.592. The minimum Gasteiger partial charge on any atom is -0.299 e. The van der Waals surface area contributed by atoms with Gasteiger partial charge in [-0.1, -0.05) is 32.9 Å². The summed E-state index contributed by atoms with van der Waals surface area (Å²) in [7, 11) is 0. The Labute approximate surface area is 110 Å². The van der Waals surface area contributed by atoms with Gasteiger partial charge in [-0.3, -0.25) is 4.79 Å². The van der Waals surface area contributed by atoms with Crippen LogP contribution in [0.25, 0.3) is 0 Å². The van der Waals surface area contributed by atoms with E-state index in [1.165, 1.54) is 12.8 Å². The van der Waals surface area contributed by atoms with Gasteiger partial charge in [-0.15, -0.1) is 0 Å². The molecule has 1 spiro atoms. The van der Waals surface area contributed by atoms with E-state index in [1.807, 2.05) is 0 Å². The molecule has 6 atom stereocenters. The number of hydrogen-bond acceptors (Lipinski definition) is 1. The maximum absolute atomic E-state index is 12.9. The Morgan fingerprint density at radius 3 is 2.56 bits per heavy atom. The molecule has 4 aliphatic rings. The van der Waals surface area contributed by atoms with Crippen molar-refractivity contribution in [2.24, 2.45) is 40.4 Å². The van der Waals surface area contributed by atoms with Crippen molar-refractivity contribution in [2.75, 3.05) is 0 Å². The molecule has 0 aromatic carbocycles. The summed E-state index contributed by atoms with van der Waals surface area (Å²) in [6, 6.07) is 0. The fourth-order valence-electron chi connectivity index (χ4n) is 5.77. The maximum atomic E-state index is 12.9. The van der Waals surface area contributed by atoms with Crippen molar-refractivity contribution in [1.82, 2.24) is 0 Å². The second-order valence-electron chi connectivity index (χ2n) is 8.03. The van der Waals surface area contributed by atoms with Crippen molar-refractivity contribution >= 4 is 5.78 Å². The van der Waals surface area contributed by atoms with E-state index >= 15 is 0 Å². The molecule has 0 aromatic heterocycles. The summed E-state index contributed by atoms with van der Waals surface area (Å²) in [5.41, 5.74) is 0.488. The molecule has 98 valence electrons. The van der Waals surface area contributed by atoms with Gasteiger partial charge < -0.3 is 0 Å². The van der Waals surface area contributed by atoms with Gasteiger partial charge in [0, 0.05) is 11.8 Å². The highest BCUT2D eigenvalue weighted by atomic mass is 16.1. The van der Waals surface area contributed by atoms with E-state index in [4.69, 9.17) is 0 Å². The van der Waals surface area contributed by atoms with Gasteiger partial charge in [0.05, 0.1) is 0 Å². The van der Waals surface area contributed by atoms with Crippen LogP contribution < -0.4 is 0 Å². The Morgan fingerprint density at radius 1 is 1.17 bits per heavy atom. The highest BCUT2D eigenvalue weighted by Crippen LogP contribution is 2.69. The van der Waals surface area contributed by atoms with E-state index in [0.29, 0.717) is 34.9 Å². The SMILES string of the molecule is C[C@@H]1C[C@@H]2[C@H](CC(=O)[C@]13C[C@H]1C=C[C@@H]3C1)C2(C)C. The van der Waals surface area contributed by atoms with Crippen LogP contribution in [0.5, 0.6) is 0 Å². The van der Waals surface area contributed by atoms with Crippen LogP contribution in [0.3, 0.4) is 0 Å². The third-order valence-electron chi connectivity index (χ3n) is 7.13. The third kappa shape index (κ3) is 1.12. The van der Waals surface area contributed by atoms with Gasteiger partial charge in [0.15, 0.2) is 0 Å². The van der Waals surface area contributed by atoms with Crippen molar-refractivity contribution in [2.45, 2.75) is 46.5 Å². The molecule has 0 unspecified atom stereocenters. The minimum absolute atomic E-state index is 0.0446. The molecule has 4 rings (SSSR count). The summed E-state index contributed by atoms with van der Waals surface area (Å²) in [4.78, 5) is 12.9. The molecule has 0 amide bonds. The number of carbonyl (C=O) groups is 1. The molecule has 0 heterocycles. The van der Waals surface area contributed by atoms with Crippen LogP contribution in [-0.2, 0) is 4.79 Å². The molecule has 3 saturated carbocycles. The number of fused-ring (bicyclic) bond motifs is 4. The number of Topliss-reactive ketones (excluding diaryl/α,β-unsaturated/α-hetero) is 1. The first-order valence-electron chi connectivity index (χ1n) is 7.68. The predicted octanol–water partition coefficient (Wildman–Crippen LogP) is 3.84. The fraction of sp³-hybridized carbons (Fsp3) is 0.824. The lowest BCUT2D eigenvalue weighted by molar-refractivity contribution is -0.133. The van der Waals surface area contributed by atoms with Crippen LogP contribution in [0, 0.1) is 40.4 Å². The molecule has 3 fully saturated rings. The van der Waals surface area contributed by atoms with Gasteiger partial charge in [0.1, 0.15) is 5.78 Å². The maximum Gasteiger partial charge on any atom is 0.140 e. The van der Waals surface area contributed by atoms with Crippen LogP contribution in [0.4, 0.5) is 0 Å². The smallest absolute Gasteiger partial charge is 0.140 e. The summed E-state index contributed by atoms with van der Waals surface area (Å²) in [6.07, 6.45) is 9.32. The Hall–Kier alpha value is -0.590. The average Bonchev–Trinajstić information content (AvgIpc) is 2.77. The molecule has 0 N–H and O–H groups in total. The first-order valence-corrected chi connectivity index (χ1v) is 7.68. The fourth-order valence-corrected chi connectivity index (χ4v) is 5.77. The monoisotopic (exact) mass is 244 g/mol. The second kappa shape index (κ2) is 3.11. The van der Waals surface area contributed by atoms with Crippen LogP contribution in [0.1, 0.15) is 46.5 Å². The largest absolute Gasteiger partial charge is 0.299 e. The van der Waals surface area contributed by atoms with Crippen molar-refractivity contribution < 1.29 is 4.79 Å². The van der Waals surface area contributed by atoms with E-state index in [1.54, 1.807) is 0 Å². The molecule has 0 aromatic rings. The lowest BCUT2D eigenvalue weighted by Crippen LogP contribution is -2.41. The minimum atomic E-state index is 0.0446. The van der Waals surface area contributed by atoms with Crippen molar-refractivity contribution in [1.29, 1.82) is 0 Å². The number of ketones is 1. The van der Waals surface area contributed by atoms with Gasteiger partial charge in [-0.25, -0.2) is 0 Å². The lowest BCUT2D eigenvalue weighted by Gasteiger charge is -2.39. The average molecular weight is 244 g/mol. The standard InChI is InChI=1S/C17H24O/c1-10-6-13-14(16(13,2)3)8-15(18)17(10)9-11-4-5-12(17)7-11/h4-5,10-14H,6-9H2,1-3H3/t10-,11+,12-,13-,14+,17-/m1/s1. The summed E-state index contributed by atoms with van der Waals surface area (Å²) < 4.78 is 0. The first kappa shape index (κ1) is 11.3. The van der Waals surface area contributed by atoms with Gasteiger partial charge >= 0.3 is 0 Å². The number of hydrogen-bond donors (Lipinski definition) is 0. The molecule has 2 bridgehead atoms. The van der Waals surface area contributed by atoms with E-state index in [-0.39, 0.29) is 5.41 Å². The van der Waals surface area contributed by atoms with Crippen LogP contribution >= 0.6 is 0 Å². The Morgan fingerprint density at radius 2 is 1.94 bits per heavy atom. The topological polar surface area (TPSA) is 17.1 Å². The van der Waals surface area contributed by atoms with E-state index in [0.717, 1.165) is 18.8 Å². The highest BCUT2D eigenvalue weighted by molar-refractivity contribution is 5.87. The highest BCUT2D eigenvalue weighted by Gasteiger charge is 2.65.